The molecule has 0 amide bonds. The molecule has 0 spiro atoms. The molecule has 23 heavy (non-hydrogen) atoms. The molecule has 0 unspecified atom stereocenters. The SMILES string of the molecule is CCC/C=C/c1ccc(CCc2ccc(CCC)cc2)cc1F. The maximum absolute atomic E-state index is 14.1. The van der Waals surface area contributed by atoms with Crippen molar-refractivity contribution < 1.29 is 4.39 Å². The summed E-state index contributed by atoms with van der Waals surface area (Å²) in [6.45, 7) is 4.32. The van der Waals surface area contributed by atoms with Crippen LogP contribution in [0, 0.1) is 5.82 Å². The summed E-state index contributed by atoms with van der Waals surface area (Å²) in [5.74, 6) is -0.117. The lowest BCUT2D eigenvalue weighted by molar-refractivity contribution is 0.622. The fourth-order valence-electron chi connectivity index (χ4n) is 2.69. The molecule has 0 fully saturated rings. The van der Waals surface area contributed by atoms with E-state index in [0.29, 0.717) is 5.56 Å². The third kappa shape index (κ3) is 5.67. The fraction of sp³-hybridized carbons (Fsp3) is 0.364. The molecule has 2 aromatic carbocycles. The maximum atomic E-state index is 14.1. The Morgan fingerprint density at radius 3 is 2.00 bits per heavy atom. The lowest BCUT2D eigenvalue weighted by atomic mass is 10.0. The van der Waals surface area contributed by atoms with E-state index >= 15 is 0 Å². The van der Waals surface area contributed by atoms with Crippen LogP contribution in [0.1, 0.15) is 55.4 Å². The van der Waals surface area contributed by atoms with Crippen LogP contribution < -0.4 is 0 Å². The van der Waals surface area contributed by atoms with Crippen LogP contribution in [0.3, 0.4) is 0 Å². The maximum Gasteiger partial charge on any atom is 0.130 e. The van der Waals surface area contributed by atoms with Crippen molar-refractivity contribution in [2.24, 2.45) is 0 Å². The molecular formula is C22H27F. The monoisotopic (exact) mass is 310 g/mol. The molecule has 0 aliphatic carbocycles. The molecule has 0 saturated carbocycles. The van der Waals surface area contributed by atoms with Gasteiger partial charge in [-0.3, -0.25) is 0 Å². The Labute approximate surface area is 140 Å². The van der Waals surface area contributed by atoms with Crippen LogP contribution in [0.25, 0.3) is 6.08 Å². The van der Waals surface area contributed by atoms with Gasteiger partial charge in [-0.05, 0) is 48.4 Å². The van der Waals surface area contributed by atoms with Crippen molar-refractivity contribution in [1.82, 2.24) is 0 Å². The van der Waals surface area contributed by atoms with E-state index in [2.05, 4.69) is 38.1 Å². The first kappa shape index (κ1) is 17.5. The Morgan fingerprint density at radius 2 is 1.39 bits per heavy atom. The summed E-state index contributed by atoms with van der Waals surface area (Å²) in [6.07, 6.45) is 10.2. The first-order valence-electron chi connectivity index (χ1n) is 8.75. The zero-order valence-corrected chi connectivity index (χ0v) is 14.3. The number of unbranched alkanes of at least 4 members (excludes halogenated alkanes) is 1. The standard InChI is InChI=1S/C22H27F/c1-3-5-6-8-21-16-15-20(17-22(21)23)14-13-19-11-9-18(7-4-2)10-12-19/h6,8-12,15-17H,3-5,7,13-14H2,1-2H3/b8-6+. The Morgan fingerprint density at radius 1 is 0.783 bits per heavy atom. The summed E-state index contributed by atoms with van der Waals surface area (Å²) in [5, 5.41) is 0. The predicted molar refractivity (Wildman–Crippen MR) is 98.2 cm³/mol. The lowest BCUT2D eigenvalue weighted by Gasteiger charge is -2.06. The van der Waals surface area contributed by atoms with Gasteiger partial charge < -0.3 is 0 Å². The average Bonchev–Trinajstić information content (AvgIpc) is 2.56. The van der Waals surface area contributed by atoms with Crippen molar-refractivity contribution in [1.29, 1.82) is 0 Å². The number of aryl methyl sites for hydroxylation is 3. The van der Waals surface area contributed by atoms with Gasteiger partial charge in [-0.15, -0.1) is 0 Å². The molecule has 0 atom stereocenters. The van der Waals surface area contributed by atoms with Gasteiger partial charge in [0.05, 0.1) is 0 Å². The second-order valence-corrected chi connectivity index (χ2v) is 6.11. The van der Waals surface area contributed by atoms with E-state index in [1.54, 1.807) is 6.07 Å². The van der Waals surface area contributed by atoms with Crippen LogP contribution in [-0.4, -0.2) is 0 Å². The van der Waals surface area contributed by atoms with Crippen molar-refractivity contribution in [3.8, 4) is 0 Å². The Bertz CT molecular complexity index is 623. The topological polar surface area (TPSA) is 0 Å². The normalized spacial score (nSPS) is 11.3. The molecule has 2 aromatic rings. The highest BCUT2D eigenvalue weighted by Gasteiger charge is 2.02. The van der Waals surface area contributed by atoms with Crippen molar-refractivity contribution in [3.63, 3.8) is 0 Å². The zero-order chi connectivity index (χ0) is 16.5. The molecule has 0 aliphatic rings. The van der Waals surface area contributed by atoms with Crippen LogP contribution >= 0.6 is 0 Å². The van der Waals surface area contributed by atoms with E-state index in [1.807, 2.05) is 24.3 Å². The summed E-state index contributed by atoms with van der Waals surface area (Å²) in [5.41, 5.74) is 4.46. The highest BCUT2D eigenvalue weighted by molar-refractivity contribution is 5.50. The van der Waals surface area contributed by atoms with E-state index in [0.717, 1.165) is 37.7 Å². The number of hydrogen-bond donors (Lipinski definition) is 0. The lowest BCUT2D eigenvalue weighted by Crippen LogP contribution is -1.94. The molecule has 1 heteroatoms. The highest BCUT2D eigenvalue weighted by atomic mass is 19.1. The number of rotatable bonds is 8. The van der Waals surface area contributed by atoms with Gasteiger partial charge in [0.2, 0.25) is 0 Å². The molecule has 0 radical (unpaired) electrons. The van der Waals surface area contributed by atoms with Gasteiger partial charge >= 0.3 is 0 Å². The molecule has 0 N–H and O–H groups in total. The van der Waals surface area contributed by atoms with Gasteiger partial charge in [0.1, 0.15) is 5.82 Å². The van der Waals surface area contributed by atoms with Crippen molar-refractivity contribution >= 4 is 6.08 Å². The second kappa shape index (κ2) is 9.29. The molecule has 0 bridgehead atoms. The first-order chi connectivity index (χ1) is 11.2. The first-order valence-corrected chi connectivity index (χ1v) is 8.75. The molecule has 0 saturated heterocycles. The largest absolute Gasteiger partial charge is 0.206 e. The van der Waals surface area contributed by atoms with Crippen LogP contribution in [-0.2, 0) is 19.3 Å². The highest BCUT2D eigenvalue weighted by Crippen LogP contribution is 2.15. The zero-order valence-electron chi connectivity index (χ0n) is 14.3. The van der Waals surface area contributed by atoms with Crippen LogP contribution in [0.15, 0.2) is 48.5 Å². The number of hydrogen-bond acceptors (Lipinski definition) is 0. The Hall–Kier alpha value is -1.89. The summed E-state index contributed by atoms with van der Waals surface area (Å²) in [4.78, 5) is 0. The van der Waals surface area contributed by atoms with Gasteiger partial charge in [-0.2, -0.15) is 0 Å². The summed E-state index contributed by atoms with van der Waals surface area (Å²) in [7, 11) is 0. The summed E-state index contributed by atoms with van der Waals surface area (Å²) >= 11 is 0. The summed E-state index contributed by atoms with van der Waals surface area (Å²) in [6, 6.07) is 14.4. The molecule has 0 heterocycles. The van der Waals surface area contributed by atoms with Gasteiger partial charge in [-0.25, -0.2) is 4.39 Å². The average molecular weight is 310 g/mol. The van der Waals surface area contributed by atoms with Crippen LogP contribution in [0.2, 0.25) is 0 Å². The molecule has 0 nitrogen and oxygen atoms in total. The number of halogens is 1. The van der Waals surface area contributed by atoms with E-state index in [-0.39, 0.29) is 5.82 Å². The van der Waals surface area contributed by atoms with Gasteiger partial charge in [-0.1, -0.05) is 75.2 Å². The molecular weight excluding hydrogens is 283 g/mol. The Kier molecular flexibility index (Phi) is 7.06. The van der Waals surface area contributed by atoms with Crippen molar-refractivity contribution in [3.05, 3.63) is 76.6 Å². The third-order valence-electron chi connectivity index (χ3n) is 4.08. The molecule has 0 aromatic heterocycles. The van der Waals surface area contributed by atoms with Crippen molar-refractivity contribution in [2.75, 3.05) is 0 Å². The van der Waals surface area contributed by atoms with E-state index < -0.39 is 0 Å². The van der Waals surface area contributed by atoms with Crippen molar-refractivity contribution in [2.45, 2.75) is 52.4 Å². The third-order valence-corrected chi connectivity index (χ3v) is 4.08. The van der Waals surface area contributed by atoms with E-state index in [9.17, 15) is 4.39 Å². The minimum atomic E-state index is -0.117. The Balaban J connectivity index is 1.94. The molecule has 0 aliphatic heterocycles. The molecule has 2 rings (SSSR count). The number of allylic oxidation sites excluding steroid dienone is 1. The minimum Gasteiger partial charge on any atom is -0.206 e. The number of benzene rings is 2. The fourth-order valence-corrected chi connectivity index (χ4v) is 2.69. The van der Waals surface area contributed by atoms with Crippen LogP contribution in [0.4, 0.5) is 4.39 Å². The van der Waals surface area contributed by atoms with E-state index in [1.165, 1.54) is 17.5 Å². The molecule has 122 valence electrons. The van der Waals surface area contributed by atoms with Gasteiger partial charge in [0, 0.05) is 5.56 Å². The smallest absolute Gasteiger partial charge is 0.130 e. The van der Waals surface area contributed by atoms with E-state index in [4.69, 9.17) is 0 Å². The van der Waals surface area contributed by atoms with Gasteiger partial charge in [0.25, 0.3) is 0 Å². The minimum absolute atomic E-state index is 0.117. The van der Waals surface area contributed by atoms with Crippen LogP contribution in [0.5, 0.6) is 0 Å². The quantitative estimate of drug-likeness (QED) is 0.531. The summed E-state index contributed by atoms with van der Waals surface area (Å²) < 4.78 is 14.1. The second-order valence-electron chi connectivity index (χ2n) is 6.11. The predicted octanol–water partition coefficient (Wildman–Crippen LogP) is 6.38. The van der Waals surface area contributed by atoms with Gasteiger partial charge in [0.15, 0.2) is 0 Å².